The van der Waals surface area contributed by atoms with Crippen LogP contribution in [0.2, 0.25) is 0 Å². The number of carbonyl (C=O) groups is 1. The molecule has 1 heterocycles. The van der Waals surface area contributed by atoms with E-state index in [1.807, 2.05) is 0 Å². The molecule has 0 saturated carbocycles. The number of aromatic carboxylic acids is 1. The SMILES string of the molecule is O=C(O)c1nc(OC(O)(O)O)c(Br)cc1F. The summed E-state index contributed by atoms with van der Waals surface area (Å²) in [6, 6.07) is 0.692. The van der Waals surface area contributed by atoms with Gasteiger partial charge >= 0.3 is 12.1 Å². The lowest BCUT2D eigenvalue weighted by Gasteiger charge is -2.15. The number of hydrogen-bond donors (Lipinski definition) is 4. The first-order valence-electron chi connectivity index (χ1n) is 3.66. The van der Waals surface area contributed by atoms with Crippen LogP contribution in [0.3, 0.4) is 0 Å². The molecule has 0 unspecified atom stereocenters. The summed E-state index contributed by atoms with van der Waals surface area (Å²) < 4.78 is 16.9. The molecule has 0 atom stereocenters. The summed E-state index contributed by atoms with van der Waals surface area (Å²) in [4.78, 5) is 13.6. The minimum atomic E-state index is -3.54. The quantitative estimate of drug-likeness (QED) is 0.563. The largest absolute Gasteiger partial charge is 0.476 e. The maximum atomic E-state index is 13.0. The molecule has 0 spiro atoms. The lowest BCUT2D eigenvalue weighted by atomic mass is 10.3. The average Bonchev–Trinajstić information content (AvgIpc) is 2.07. The molecule has 0 aliphatic rings. The number of carboxylic acids is 1. The summed E-state index contributed by atoms with van der Waals surface area (Å²) in [5, 5.41) is 34.0. The van der Waals surface area contributed by atoms with Gasteiger partial charge in [0.2, 0.25) is 5.88 Å². The lowest BCUT2D eigenvalue weighted by molar-refractivity contribution is -0.420. The molecule has 1 rings (SSSR count). The predicted octanol–water partition coefficient (Wildman–Crippen LogP) is -0.352. The molecule has 0 amide bonds. The van der Waals surface area contributed by atoms with Crippen molar-refractivity contribution in [1.29, 1.82) is 0 Å². The first-order chi connectivity index (χ1) is 7.20. The Kier molecular flexibility index (Phi) is 3.43. The number of aliphatic hydroxyl groups is 3. The van der Waals surface area contributed by atoms with Gasteiger partial charge in [-0.05, 0) is 22.0 Å². The second kappa shape index (κ2) is 4.29. The van der Waals surface area contributed by atoms with Crippen LogP contribution in [0.4, 0.5) is 4.39 Å². The third-order valence-electron chi connectivity index (χ3n) is 1.33. The van der Waals surface area contributed by atoms with Crippen LogP contribution >= 0.6 is 15.9 Å². The fourth-order valence-electron chi connectivity index (χ4n) is 0.801. The topological polar surface area (TPSA) is 120 Å². The van der Waals surface area contributed by atoms with E-state index in [0.717, 1.165) is 0 Å². The fourth-order valence-corrected chi connectivity index (χ4v) is 1.17. The van der Waals surface area contributed by atoms with E-state index in [1.54, 1.807) is 0 Å². The van der Waals surface area contributed by atoms with E-state index in [2.05, 4.69) is 25.7 Å². The van der Waals surface area contributed by atoms with Crippen molar-refractivity contribution in [1.82, 2.24) is 4.98 Å². The van der Waals surface area contributed by atoms with Crippen molar-refractivity contribution in [3.63, 3.8) is 0 Å². The fraction of sp³-hybridized carbons (Fsp3) is 0.143. The molecular weight excluding hydrogens is 293 g/mol. The molecule has 16 heavy (non-hydrogen) atoms. The maximum absolute atomic E-state index is 13.0. The van der Waals surface area contributed by atoms with Gasteiger partial charge < -0.3 is 25.2 Å². The van der Waals surface area contributed by atoms with Crippen molar-refractivity contribution in [3.05, 3.63) is 22.1 Å². The van der Waals surface area contributed by atoms with Crippen LogP contribution in [0, 0.1) is 5.82 Å². The molecule has 9 heteroatoms. The van der Waals surface area contributed by atoms with Gasteiger partial charge in [0.1, 0.15) is 0 Å². The maximum Gasteiger partial charge on any atom is 0.454 e. The monoisotopic (exact) mass is 297 g/mol. The van der Waals surface area contributed by atoms with Gasteiger partial charge in [0.15, 0.2) is 11.5 Å². The molecule has 4 N–H and O–H groups in total. The average molecular weight is 298 g/mol. The number of halogens is 2. The summed E-state index contributed by atoms with van der Waals surface area (Å²) in [6.45, 7) is 0. The van der Waals surface area contributed by atoms with E-state index in [9.17, 15) is 9.18 Å². The van der Waals surface area contributed by atoms with E-state index in [1.165, 1.54) is 0 Å². The van der Waals surface area contributed by atoms with Crippen molar-refractivity contribution in [2.45, 2.75) is 6.16 Å². The molecule has 1 aromatic rings. The Labute approximate surface area is 95.9 Å². The second-order valence-corrected chi connectivity index (χ2v) is 3.44. The minimum absolute atomic E-state index is 0.198. The summed E-state index contributed by atoms with van der Waals surface area (Å²) >= 11 is 2.73. The molecule has 0 saturated heterocycles. The summed E-state index contributed by atoms with van der Waals surface area (Å²) in [6.07, 6.45) is -3.54. The predicted molar refractivity (Wildman–Crippen MR) is 48.9 cm³/mol. The van der Waals surface area contributed by atoms with Crippen molar-refractivity contribution < 1.29 is 34.3 Å². The number of pyridine rings is 1. The highest BCUT2D eigenvalue weighted by atomic mass is 79.9. The van der Waals surface area contributed by atoms with Gasteiger partial charge in [-0.2, -0.15) is 0 Å². The van der Waals surface area contributed by atoms with Gasteiger partial charge in [0.05, 0.1) is 4.47 Å². The third-order valence-corrected chi connectivity index (χ3v) is 1.90. The molecule has 0 bridgehead atoms. The standard InChI is InChI=1S/C7H5BrFNO6/c8-2-1-3(9)4(6(11)12)10-5(2)16-7(13,14)15/h1,13-15H,(H,11,12). The smallest absolute Gasteiger partial charge is 0.454 e. The van der Waals surface area contributed by atoms with E-state index in [0.29, 0.717) is 6.07 Å². The lowest BCUT2D eigenvalue weighted by Crippen LogP contribution is -2.35. The molecule has 0 aliphatic carbocycles. The van der Waals surface area contributed by atoms with Crippen LogP contribution in [-0.4, -0.2) is 37.5 Å². The molecule has 0 aromatic carbocycles. The van der Waals surface area contributed by atoms with Crippen molar-refractivity contribution in [2.75, 3.05) is 0 Å². The molecule has 88 valence electrons. The highest BCUT2D eigenvalue weighted by Crippen LogP contribution is 2.26. The van der Waals surface area contributed by atoms with Crippen molar-refractivity contribution in [3.8, 4) is 5.88 Å². The normalized spacial score (nSPS) is 11.3. The van der Waals surface area contributed by atoms with Gasteiger partial charge in [0, 0.05) is 0 Å². The van der Waals surface area contributed by atoms with Crippen LogP contribution in [0.1, 0.15) is 10.5 Å². The second-order valence-electron chi connectivity index (χ2n) is 2.59. The van der Waals surface area contributed by atoms with E-state index < -0.39 is 29.5 Å². The Bertz CT molecular complexity index is 432. The zero-order valence-corrected chi connectivity index (χ0v) is 8.97. The number of nitrogens with zero attached hydrogens (tertiary/aromatic N) is 1. The molecule has 7 nitrogen and oxygen atoms in total. The molecule has 1 aromatic heterocycles. The molecule has 0 radical (unpaired) electrons. The first-order valence-corrected chi connectivity index (χ1v) is 4.45. The first kappa shape index (κ1) is 12.8. The molecule has 0 aliphatic heterocycles. The van der Waals surface area contributed by atoms with Crippen molar-refractivity contribution in [2.24, 2.45) is 0 Å². The van der Waals surface area contributed by atoms with Crippen LogP contribution in [-0.2, 0) is 0 Å². The number of rotatable bonds is 3. The minimum Gasteiger partial charge on any atom is -0.476 e. The Morgan fingerprint density at radius 3 is 2.50 bits per heavy atom. The number of carboxylic acid groups (broad SMARTS) is 1. The molecule has 0 fully saturated rings. The Balaban J connectivity index is 3.20. The Morgan fingerprint density at radius 1 is 1.50 bits per heavy atom. The van der Waals surface area contributed by atoms with Gasteiger partial charge in [-0.1, -0.05) is 0 Å². The van der Waals surface area contributed by atoms with Crippen LogP contribution < -0.4 is 4.74 Å². The van der Waals surface area contributed by atoms with Crippen LogP contribution in [0.5, 0.6) is 5.88 Å². The molecular formula is C7H5BrFNO6. The summed E-state index contributed by atoms with van der Waals surface area (Å²) in [7, 11) is 0. The Hall–Kier alpha value is -1.29. The zero-order valence-electron chi connectivity index (χ0n) is 7.39. The van der Waals surface area contributed by atoms with Gasteiger partial charge in [-0.15, -0.1) is 0 Å². The number of hydrogen-bond acceptors (Lipinski definition) is 6. The van der Waals surface area contributed by atoms with Gasteiger partial charge in [-0.25, -0.2) is 14.2 Å². The Morgan fingerprint density at radius 2 is 2.06 bits per heavy atom. The van der Waals surface area contributed by atoms with Gasteiger partial charge in [0.25, 0.3) is 0 Å². The van der Waals surface area contributed by atoms with Gasteiger partial charge in [-0.3, -0.25) is 0 Å². The zero-order chi connectivity index (χ0) is 12.5. The van der Waals surface area contributed by atoms with E-state index >= 15 is 0 Å². The number of aromatic nitrogens is 1. The highest BCUT2D eigenvalue weighted by molar-refractivity contribution is 9.10. The summed E-state index contributed by atoms with van der Waals surface area (Å²) in [5.74, 6) is -3.51. The number of ether oxygens (including phenoxy) is 1. The third kappa shape index (κ3) is 3.10. The van der Waals surface area contributed by atoms with E-state index in [4.69, 9.17) is 20.4 Å². The highest BCUT2D eigenvalue weighted by Gasteiger charge is 2.25. The summed E-state index contributed by atoms with van der Waals surface area (Å²) in [5.41, 5.74) is -0.984. The van der Waals surface area contributed by atoms with Crippen LogP contribution in [0.25, 0.3) is 0 Å². The van der Waals surface area contributed by atoms with Crippen molar-refractivity contribution >= 4 is 21.9 Å². The van der Waals surface area contributed by atoms with Crippen LogP contribution in [0.15, 0.2) is 10.5 Å². The van der Waals surface area contributed by atoms with E-state index in [-0.39, 0.29) is 4.47 Å².